The number of nitriles is 1. The molecule has 0 saturated carbocycles. The van der Waals surface area contributed by atoms with Gasteiger partial charge >= 0.3 is 0 Å². The first-order valence-corrected chi connectivity index (χ1v) is 7.62. The standard InChI is InChI=1S/C15H16N4S/c16-11-13-14(19-9-5-2-6-10-19)18-20-15(13)17-12-7-3-1-4-8-12/h1,3-4,7-8,17H,2,5-6,9-10H2. The summed E-state index contributed by atoms with van der Waals surface area (Å²) in [5.41, 5.74) is 1.65. The second-order valence-corrected chi connectivity index (χ2v) is 5.63. The highest BCUT2D eigenvalue weighted by atomic mass is 32.1. The third-order valence-corrected chi connectivity index (χ3v) is 4.23. The molecule has 0 radical (unpaired) electrons. The Morgan fingerprint density at radius 1 is 1.15 bits per heavy atom. The van der Waals surface area contributed by atoms with Gasteiger partial charge in [-0.15, -0.1) is 0 Å². The van der Waals surface area contributed by atoms with E-state index in [9.17, 15) is 5.26 Å². The minimum Gasteiger partial charge on any atom is -0.355 e. The van der Waals surface area contributed by atoms with E-state index in [2.05, 4.69) is 20.7 Å². The van der Waals surface area contributed by atoms with E-state index in [1.807, 2.05) is 30.3 Å². The summed E-state index contributed by atoms with van der Waals surface area (Å²) in [7, 11) is 0. The van der Waals surface area contributed by atoms with E-state index < -0.39 is 0 Å². The third-order valence-electron chi connectivity index (χ3n) is 3.47. The van der Waals surface area contributed by atoms with Gasteiger partial charge in [0.2, 0.25) is 0 Å². The Kier molecular flexibility index (Phi) is 3.84. The van der Waals surface area contributed by atoms with Gasteiger partial charge in [0.05, 0.1) is 0 Å². The molecule has 2 aromatic rings. The monoisotopic (exact) mass is 284 g/mol. The Hall–Kier alpha value is -2.06. The van der Waals surface area contributed by atoms with Gasteiger partial charge in [-0.05, 0) is 42.9 Å². The van der Waals surface area contributed by atoms with Crippen LogP contribution < -0.4 is 10.2 Å². The molecule has 0 aliphatic carbocycles. The summed E-state index contributed by atoms with van der Waals surface area (Å²) in [4.78, 5) is 2.23. The van der Waals surface area contributed by atoms with Crippen molar-refractivity contribution in [3.8, 4) is 6.07 Å². The van der Waals surface area contributed by atoms with Gasteiger partial charge < -0.3 is 10.2 Å². The van der Waals surface area contributed by atoms with Crippen LogP contribution in [-0.2, 0) is 0 Å². The molecule has 0 amide bonds. The molecule has 1 aliphatic rings. The van der Waals surface area contributed by atoms with Crippen LogP contribution >= 0.6 is 11.5 Å². The van der Waals surface area contributed by atoms with Crippen LogP contribution in [0.25, 0.3) is 0 Å². The van der Waals surface area contributed by atoms with Gasteiger partial charge in [-0.3, -0.25) is 0 Å². The van der Waals surface area contributed by atoms with Gasteiger partial charge in [0.15, 0.2) is 5.82 Å². The fourth-order valence-corrected chi connectivity index (χ4v) is 3.22. The van der Waals surface area contributed by atoms with E-state index in [4.69, 9.17) is 0 Å². The van der Waals surface area contributed by atoms with E-state index in [0.717, 1.165) is 29.6 Å². The van der Waals surface area contributed by atoms with Crippen molar-refractivity contribution in [3.05, 3.63) is 35.9 Å². The normalized spacial score (nSPS) is 14.8. The molecule has 0 atom stereocenters. The molecule has 1 aromatic carbocycles. The number of aromatic nitrogens is 1. The first-order valence-electron chi connectivity index (χ1n) is 6.85. The number of nitrogens with one attached hydrogen (secondary N) is 1. The summed E-state index contributed by atoms with van der Waals surface area (Å²) in [5.74, 6) is 0.843. The van der Waals surface area contributed by atoms with Crippen LogP contribution in [0.5, 0.6) is 0 Å². The first-order chi connectivity index (χ1) is 9.88. The van der Waals surface area contributed by atoms with Crippen molar-refractivity contribution >= 4 is 28.0 Å². The third kappa shape index (κ3) is 2.61. The minimum atomic E-state index is 0.667. The van der Waals surface area contributed by atoms with Gasteiger partial charge in [0, 0.05) is 18.8 Å². The molecule has 1 saturated heterocycles. The maximum Gasteiger partial charge on any atom is 0.162 e. The predicted octanol–water partition coefficient (Wildman–Crippen LogP) is 3.75. The average Bonchev–Trinajstić information content (AvgIpc) is 2.92. The van der Waals surface area contributed by atoms with Crippen molar-refractivity contribution in [1.29, 1.82) is 5.26 Å². The molecular weight excluding hydrogens is 268 g/mol. The number of piperidine rings is 1. The zero-order chi connectivity index (χ0) is 13.8. The largest absolute Gasteiger partial charge is 0.355 e. The van der Waals surface area contributed by atoms with Crippen LogP contribution in [0.15, 0.2) is 30.3 Å². The Balaban J connectivity index is 1.86. The molecule has 1 fully saturated rings. The summed E-state index contributed by atoms with van der Waals surface area (Å²) in [6.07, 6.45) is 3.64. The number of para-hydroxylation sites is 1. The second-order valence-electron chi connectivity index (χ2n) is 4.86. The van der Waals surface area contributed by atoms with Crippen LogP contribution in [-0.4, -0.2) is 17.5 Å². The second kappa shape index (κ2) is 5.93. The zero-order valence-electron chi connectivity index (χ0n) is 11.2. The van der Waals surface area contributed by atoms with Gasteiger partial charge in [-0.1, -0.05) is 18.2 Å². The average molecular weight is 284 g/mol. The van der Waals surface area contributed by atoms with Gasteiger partial charge in [-0.2, -0.15) is 9.64 Å². The minimum absolute atomic E-state index is 0.667. The van der Waals surface area contributed by atoms with Crippen LogP contribution in [0.1, 0.15) is 24.8 Å². The van der Waals surface area contributed by atoms with Crippen molar-refractivity contribution in [2.75, 3.05) is 23.3 Å². The lowest BCUT2D eigenvalue weighted by molar-refractivity contribution is 0.574. The molecule has 0 spiro atoms. The molecular formula is C15H16N4S. The van der Waals surface area contributed by atoms with Crippen molar-refractivity contribution in [3.63, 3.8) is 0 Å². The molecule has 1 N–H and O–H groups in total. The highest BCUT2D eigenvalue weighted by Crippen LogP contribution is 2.33. The van der Waals surface area contributed by atoms with Gasteiger partial charge in [-0.25, -0.2) is 0 Å². The summed E-state index contributed by atoms with van der Waals surface area (Å²) >= 11 is 1.36. The summed E-state index contributed by atoms with van der Waals surface area (Å²) in [6, 6.07) is 12.2. The van der Waals surface area contributed by atoms with Crippen molar-refractivity contribution in [1.82, 2.24) is 4.37 Å². The van der Waals surface area contributed by atoms with E-state index >= 15 is 0 Å². The first kappa shape index (κ1) is 12.9. The Morgan fingerprint density at radius 2 is 1.90 bits per heavy atom. The SMILES string of the molecule is N#Cc1c(N2CCCCC2)nsc1Nc1ccccc1. The number of anilines is 3. The van der Waals surface area contributed by atoms with Crippen LogP contribution in [0.4, 0.5) is 16.5 Å². The maximum atomic E-state index is 9.45. The van der Waals surface area contributed by atoms with Gasteiger partial charge in [0.25, 0.3) is 0 Å². The molecule has 0 unspecified atom stereocenters. The smallest absolute Gasteiger partial charge is 0.162 e. The fraction of sp³-hybridized carbons (Fsp3) is 0.333. The van der Waals surface area contributed by atoms with Gasteiger partial charge in [0.1, 0.15) is 16.6 Å². The lowest BCUT2D eigenvalue weighted by Gasteiger charge is -2.26. The van der Waals surface area contributed by atoms with Crippen molar-refractivity contribution in [2.24, 2.45) is 0 Å². The summed E-state index contributed by atoms with van der Waals surface area (Å²) in [6.45, 7) is 2.01. The lowest BCUT2D eigenvalue weighted by Crippen LogP contribution is -2.30. The molecule has 1 aliphatic heterocycles. The van der Waals surface area contributed by atoms with E-state index in [1.54, 1.807) is 0 Å². The number of nitrogens with zero attached hydrogens (tertiary/aromatic N) is 3. The Bertz CT molecular complexity index is 609. The summed E-state index contributed by atoms with van der Waals surface area (Å²) in [5, 5.41) is 13.6. The molecule has 3 rings (SSSR count). The highest BCUT2D eigenvalue weighted by molar-refractivity contribution is 7.10. The molecule has 5 heteroatoms. The van der Waals surface area contributed by atoms with E-state index in [-0.39, 0.29) is 0 Å². The quantitative estimate of drug-likeness (QED) is 0.932. The summed E-state index contributed by atoms with van der Waals surface area (Å²) < 4.78 is 4.49. The van der Waals surface area contributed by atoms with E-state index in [1.165, 1.54) is 30.8 Å². The number of hydrogen-bond acceptors (Lipinski definition) is 5. The number of hydrogen-bond donors (Lipinski definition) is 1. The van der Waals surface area contributed by atoms with E-state index in [0.29, 0.717) is 5.56 Å². The molecule has 20 heavy (non-hydrogen) atoms. The molecule has 102 valence electrons. The Labute approximate surface area is 122 Å². The maximum absolute atomic E-state index is 9.45. The van der Waals surface area contributed by atoms with Crippen LogP contribution in [0.3, 0.4) is 0 Å². The molecule has 4 nitrogen and oxygen atoms in total. The topological polar surface area (TPSA) is 52.0 Å². The number of rotatable bonds is 3. The van der Waals surface area contributed by atoms with Crippen LogP contribution in [0.2, 0.25) is 0 Å². The van der Waals surface area contributed by atoms with Crippen LogP contribution in [0, 0.1) is 11.3 Å². The Morgan fingerprint density at radius 3 is 2.60 bits per heavy atom. The predicted molar refractivity (Wildman–Crippen MR) is 82.6 cm³/mol. The highest BCUT2D eigenvalue weighted by Gasteiger charge is 2.20. The van der Waals surface area contributed by atoms with Crippen molar-refractivity contribution < 1.29 is 0 Å². The zero-order valence-corrected chi connectivity index (χ0v) is 12.0. The number of benzene rings is 1. The molecule has 0 bridgehead atoms. The fourth-order valence-electron chi connectivity index (χ4n) is 2.44. The molecule has 2 heterocycles. The van der Waals surface area contributed by atoms with Crippen molar-refractivity contribution in [2.45, 2.75) is 19.3 Å². The molecule has 1 aromatic heterocycles. The lowest BCUT2D eigenvalue weighted by atomic mass is 10.1.